The molecule has 1 aliphatic rings. The van der Waals surface area contributed by atoms with Crippen molar-refractivity contribution in [3.63, 3.8) is 0 Å². The molecule has 1 aliphatic heterocycles. The first kappa shape index (κ1) is 26.4. The number of aryl methyl sites for hydroxylation is 2. The van der Waals surface area contributed by atoms with E-state index in [1.165, 1.54) is 0 Å². The summed E-state index contributed by atoms with van der Waals surface area (Å²) in [4.78, 5) is 19.8. The van der Waals surface area contributed by atoms with Gasteiger partial charge in [-0.05, 0) is 92.1 Å². The third-order valence-electron chi connectivity index (χ3n) is 7.35. The van der Waals surface area contributed by atoms with Crippen molar-refractivity contribution in [1.82, 2.24) is 19.8 Å². The molecule has 1 amide bonds. The molecule has 0 unspecified atom stereocenters. The van der Waals surface area contributed by atoms with Crippen LogP contribution in [-0.4, -0.2) is 37.1 Å². The van der Waals surface area contributed by atoms with Gasteiger partial charge in [0, 0.05) is 41.9 Å². The Balaban J connectivity index is 1.46. The number of phenolic OH excluding ortho intramolecular Hbond substituents is 1. The largest absolute Gasteiger partial charge is 0.508 e. The number of hydrogen-bond donors (Lipinski definition) is 3. The maximum atomic E-state index is 13.0. The summed E-state index contributed by atoms with van der Waals surface area (Å²) in [5.74, 6) is 0.182. The smallest absolute Gasteiger partial charge is 0.226 e. The van der Waals surface area contributed by atoms with Crippen molar-refractivity contribution in [1.29, 1.82) is 0 Å². The zero-order valence-electron chi connectivity index (χ0n) is 22.4. The highest BCUT2D eigenvalue weighted by Gasteiger charge is 2.41. The molecule has 4 aromatic rings. The number of nitrogens with one attached hydrogen (secondary N) is 2. The van der Waals surface area contributed by atoms with Gasteiger partial charge in [-0.2, -0.15) is 0 Å². The maximum Gasteiger partial charge on any atom is 0.226 e. The van der Waals surface area contributed by atoms with Gasteiger partial charge in [0.05, 0.1) is 17.8 Å². The summed E-state index contributed by atoms with van der Waals surface area (Å²) in [5.41, 5.74) is 7.08. The van der Waals surface area contributed by atoms with Crippen molar-refractivity contribution < 1.29 is 9.90 Å². The molecule has 2 atom stereocenters. The predicted octanol–water partition coefficient (Wildman–Crippen LogP) is 5.76. The molecule has 1 saturated heterocycles. The van der Waals surface area contributed by atoms with Crippen LogP contribution in [0.4, 0.5) is 5.69 Å². The van der Waals surface area contributed by atoms with Crippen LogP contribution in [0.25, 0.3) is 5.69 Å². The van der Waals surface area contributed by atoms with Crippen LogP contribution in [0.15, 0.2) is 79.0 Å². The van der Waals surface area contributed by atoms with Crippen LogP contribution in [0.2, 0.25) is 0 Å². The molecule has 3 heterocycles. The quantitative estimate of drug-likeness (QED) is 0.247. The number of nitrogens with zero attached hydrogens (tertiary/aromatic N) is 3. The number of aromatic hydroxyl groups is 1. The number of carbonyl (C=O) groups excluding carboxylic acids is 1. The summed E-state index contributed by atoms with van der Waals surface area (Å²) < 4.78 is 2.18. The number of hydrogen-bond acceptors (Lipinski definition) is 4. The molecule has 200 valence electrons. The molecule has 2 aromatic heterocycles. The van der Waals surface area contributed by atoms with Crippen molar-refractivity contribution in [2.75, 3.05) is 11.9 Å². The monoisotopic (exact) mass is 539 g/mol. The Bertz CT molecular complexity index is 1480. The van der Waals surface area contributed by atoms with Crippen molar-refractivity contribution in [2.45, 2.75) is 45.7 Å². The second-order valence-corrected chi connectivity index (χ2v) is 10.2. The van der Waals surface area contributed by atoms with Crippen molar-refractivity contribution >= 4 is 28.9 Å². The summed E-state index contributed by atoms with van der Waals surface area (Å²) in [6, 6.07) is 22.8. The number of carbonyl (C=O) groups is 1. The Hall–Kier alpha value is -4.17. The molecule has 5 rings (SSSR count). The lowest BCUT2D eigenvalue weighted by Gasteiger charge is -2.28. The van der Waals surface area contributed by atoms with Crippen LogP contribution in [0.5, 0.6) is 5.75 Å². The first-order valence-corrected chi connectivity index (χ1v) is 13.6. The van der Waals surface area contributed by atoms with Gasteiger partial charge in [0.1, 0.15) is 5.75 Å². The molecule has 0 bridgehead atoms. The Morgan fingerprint density at radius 2 is 1.82 bits per heavy atom. The highest BCUT2D eigenvalue weighted by molar-refractivity contribution is 7.80. The number of phenols is 1. The first-order chi connectivity index (χ1) is 18.9. The summed E-state index contributed by atoms with van der Waals surface area (Å²) in [6.45, 7) is 6.71. The number of aromatic nitrogens is 2. The van der Waals surface area contributed by atoms with Crippen LogP contribution >= 0.6 is 12.2 Å². The Kier molecular flexibility index (Phi) is 7.65. The third-order valence-corrected chi connectivity index (χ3v) is 7.70. The molecule has 0 spiro atoms. The molecule has 0 aliphatic carbocycles. The number of pyridine rings is 1. The lowest BCUT2D eigenvalue weighted by atomic mass is 9.96. The topological polar surface area (TPSA) is 82.4 Å². The fraction of sp³-hybridized carbons (Fsp3) is 0.258. The zero-order chi connectivity index (χ0) is 27.5. The van der Waals surface area contributed by atoms with Crippen molar-refractivity contribution in [2.24, 2.45) is 0 Å². The predicted molar refractivity (Wildman–Crippen MR) is 158 cm³/mol. The summed E-state index contributed by atoms with van der Waals surface area (Å²) in [6.07, 6.45) is 2.93. The fourth-order valence-corrected chi connectivity index (χ4v) is 5.79. The lowest BCUT2D eigenvalue weighted by molar-refractivity contribution is -0.116. The highest BCUT2D eigenvalue weighted by atomic mass is 32.1. The molecular weight excluding hydrogens is 506 g/mol. The number of benzene rings is 2. The van der Waals surface area contributed by atoms with Crippen molar-refractivity contribution in [3.05, 3.63) is 107 Å². The van der Waals surface area contributed by atoms with Crippen LogP contribution in [0, 0.1) is 13.8 Å². The van der Waals surface area contributed by atoms with Crippen LogP contribution in [-0.2, 0) is 11.2 Å². The number of rotatable bonds is 8. The van der Waals surface area contributed by atoms with E-state index < -0.39 is 0 Å². The normalized spacial score (nSPS) is 16.8. The molecule has 39 heavy (non-hydrogen) atoms. The molecule has 7 nitrogen and oxygen atoms in total. The molecule has 3 N–H and O–H groups in total. The molecule has 0 saturated carbocycles. The number of anilines is 1. The minimum atomic E-state index is -0.170. The van der Waals surface area contributed by atoms with Gasteiger partial charge in [-0.25, -0.2) is 0 Å². The number of amides is 1. The van der Waals surface area contributed by atoms with Gasteiger partial charge in [-0.3, -0.25) is 9.78 Å². The van der Waals surface area contributed by atoms with Gasteiger partial charge in [0.2, 0.25) is 5.91 Å². The van der Waals surface area contributed by atoms with Crippen molar-refractivity contribution in [3.8, 4) is 11.4 Å². The fourth-order valence-electron chi connectivity index (χ4n) is 5.46. The van der Waals surface area contributed by atoms with Gasteiger partial charge < -0.3 is 25.2 Å². The minimum absolute atomic E-state index is 0.0479. The van der Waals surface area contributed by atoms with E-state index in [1.54, 1.807) is 18.3 Å². The molecular formula is C31H33N5O2S. The first-order valence-electron chi connectivity index (χ1n) is 13.2. The number of thiocarbonyl (C=S) groups is 1. The Labute approximate surface area is 234 Å². The van der Waals surface area contributed by atoms with E-state index in [4.69, 9.17) is 12.2 Å². The van der Waals surface area contributed by atoms with Crippen LogP contribution < -0.4 is 10.6 Å². The Morgan fingerprint density at radius 3 is 2.54 bits per heavy atom. The molecule has 8 heteroatoms. The zero-order valence-corrected chi connectivity index (χ0v) is 23.2. The van der Waals surface area contributed by atoms with E-state index in [1.807, 2.05) is 54.6 Å². The van der Waals surface area contributed by atoms with E-state index in [-0.39, 0.29) is 23.7 Å². The second-order valence-electron chi connectivity index (χ2n) is 9.81. The summed E-state index contributed by atoms with van der Waals surface area (Å²) in [5, 5.41) is 17.0. The highest BCUT2D eigenvalue weighted by Crippen LogP contribution is 2.41. The van der Waals surface area contributed by atoms with Gasteiger partial charge >= 0.3 is 0 Å². The van der Waals surface area contributed by atoms with E-state index in [0.29, 0.717) is 18.1 Å². The van der Waals surface area contributed by atoms with E-state index in [0.717, 1.165) is 46.0 Å². The lowest BCUT2D eigenvalue weighted by Crippen LogP contribution is -2.33. The summed E-state index contributed by atoms with van der Waals surface area (Å²) in [7, 11) is 0. The maximum absolute atomic E-state index is 13.0. The molecule has 1 fully saturated rings. The van der Waals surface area contributed by atoms with E-state index in [9.17, 15) is 9.90 Å². The van der Waals surface area contributed by atoms with Gasteiger partial charge in [0.15, 0.2) is 5.11 Å². The van der Waals surface area contributed by atoms with E-state index in [2.05, 4.69) is 51.9 Å². The second kappa shape index (κ2) is 11.3. The molecule has 0 radical (unpaired) electrons. The summed E-state index contributed by atoms with van der Waals surface area (Å²) >= 11 is 5.83. The number of para-hydroxylation sites is 1. The standard InChI is InChI=1S/C31H33N5O2S/c1-4-22-9-5-6-10-26(22)33-28(38)16-18-35-30(29(34-31(35)39)27-11-7-8-17-32-27)25-19-20(2)36(21(25)3)23-12-14-24(37)15-13-23/h5-15,17,19,29-30,37H,4,16,18H2,1-3H3,(H,33,38)(H,34,39)/t29-,30-/m0/s1. The van der Waals surface area contributed by atoms with Crippen LogP contribution in [0.1, 0.15) is 53.6 Å². The minimum Gasteiger partial charge on any atom is -0.508 e. The van der Waals surface area contributed by atoms with Gasteiger partial charge in [-0.1, -0.05) is 31.2 Å². The average molecular weight is 540 g/mol. The van der Waals surface area contributed by atoms with Gasteiger partial charge in [0.25, 0.3) is 0 Å². The third kappa shape index (κ3) is 5.38. The Morgan fingerprint density at radius 1 is 1.08 bits per heavy atom. The average Bonchev–Trinajstić information content (AvgIpc) is 3.43. The SMILES string of the molecule is CCc1ccccc1NC(=O)CCN1C(=S)N[C@@H](c2ccccn2)[C@@H]1c1cc(C)n(-c2ccc(O)cc2)c1C. The van der Waals surface area contributed by atoms with E-state index >= 15 is 0 Å². The van der Waals surface area contributed by atoms with Gasteiger partial charge in [-0.15, -0.1) is 0 Å². The molecule has 2 aromatic carbocycles. The van der Waals surface area contributed by atoms with Crippen LogP contribution in [0.3, 0.4) is 0 Å².